The Kier molecular flexibility index (Phi) is 5.13. The fraction of sp³-hybridized carbons (Fsp3) is 0.258. The summed E-state index contributed by atoms with van der Waals surface area (Å²) in [4.78, 5) is 9.08. The molecule has 6 rings (SSSR count). The predicted molar refractivity (Wildman–Crippen MR) is 152 cm³/mol. The van der Waals surface area contributed by atoms with Gasteiger partial charge in [-0.2, -0.15) is 0 Å². The van der Waals surface area contributed by atoms with Gasteiger partial charge in [0.1, 0.15) is 4.83 Å². The van der Waals surface area contributed by atoms with Gasteiger partial charge in [0.2, 0.25) is 0 Å². The van der Waals surface area contributed by atoms with E-state index >= 15 is 0 Å². The Morgan fingerprint density at radius 2 is 1.68 bits per heavy atom. The van der Waals surface area contributed by atoms with E-state index in [0.717, 1.165) is 10.5 Å². The van der Waals surface area contributed by atoms with Crippen LogP contribution < -0.4 is 0 Å². The lowest BCUT2D eigenvalue weighted by molar-refractivity contribution is 0.596. The summed E-state index contributed by atoms with van der Waals surface area (Å²) in [5, 5.41) is 4.40. The summed E-state index contributed by atoms with van der Waals surface area (Å²) < 4.78 is 0. The lowest BCUT2D eigenvalue weighted by Gasteiger charge is -2.23. The summed E-state index contributed by atoms with van der Waals surface area (Å²) in [6.07, 6.45) is 9.09. The van der Waals surface area contributed by atoms with Gasteiger partial charge in [-0.1, -0.05) is 74.9 Å². The molecule has 3 heteroatoms. The van der Waals surface area contributed by atoms with Crippen LogP contribution in [0, 0.1) is 12.8 Å². The van der Waals surface area contributed by atoms with Crippen molar-refractivity contribution < 1.29 is 0 Å². The minimum Gasteiger partial charge on any atom is -0.237 e. The zero-order valence-corrected chi connectivity index (χ0v) is 22.0. The number of thiophene rings is 1. The van der Waals surface area contributed by atoms with E-state index in [0.29, 0.717) is 11.2 Å². The number of allylic oxidation sites excluding steroid dienone is 4. The van der Waals surface area contributed by atoms with Crippen LogP contribution in [-0.2, 0) is 5.41 Å². The van der Waals surface area contributed by atoms with E-state index in [1.54, 1.807) is 11.3 Å². The van der Waals surface area contributed by atoms with E-state index in [9.17, 15) is 0 Å². The molecule has 0 radical (unpaired) electrons. The Morgan fingerprint density at radius 3 is 2.47 bits per heavy atom. The fourth-order valence-corrected chi connectivity index (χ4v) is 7.70. The second-order valence-electron chi connectivity index (χ2n) is 10.5. The molecular formula is C31H29NS2. The van der Waals surface area contributed by atoms with Gasteiger partial charge in [0.15, 0.2) is 0 Å². The number of nitrogens with zero attached hydrogens (tertiary/aromatic N) is 1. The standard InChI is InChI=1S/C31H29NS2/c1-18-14-25-24(29-19(2)22-11-8-9-13-28(22)34-29)17-27(32-30(25)33-18)21-15-20-10-6-7-12-23(20)26(16-21)31(3,4)5/h6-17,22,28H,1-5H3. The largest absolute Gasteiger partial charge is 0.237 e. The molecule has 2 unspecified atom stereocenters. The van der Waals surface area contributed by atoms with Crippen LogP contribution in [-0.4, -0.2) is 10.2 Å². The third-order valence-corrected chi connectivity index (χ3v) is 9.48. The fourth-order valence-electron chi connectivity index (χ4n) is 5.30. The maximum atomic E-state index is 5.20. The monoisotopic (exact) mass is 479 g/mol. The molecule has 0 bridgehead atoms. The summed E-state index contributed by atoms with van der Waals surface area (Å²) in [5.41, 5.74) is 6.52. The highest BCUT2D eigenvalue weighted by atomic mass is 32.2. The Balaban J connectivity index is 1.59. The first-order chi connectivity index (χ1) is 16.3. The molecular weight excluding hydrogens is 450 g/mol. The quantitative estimate of drug-likeness (QED) is 0.284. The van der Waals surface area contributed by atoms with E-state index in [2.05, 4.69) is 107 Å². The van der Waals surface area contributed by atoms with Gasteiger partial charge in [-0.25, -0.2) is 4.98 Å². The number of benzene rings is 2. The zero-order chi connectivity index (χ0) is 23.6. The number of fused-ring (bicyclic) bond motifs is 3. The highest BCUT2D eigenvalue weighted by Crippen LogP contribution is 2.51. The van der Waals surface area contributed by atoms with Crippen molar-refractivity contribution in [2.75, 3.05) is 0 Å². The van der Waals surface area contributed by atoms with E-state index in [1.165, 1.54) is 48.2 Å². The van der Waals surface area contributed by atoms with Crippen molar-refractivity contribution in [3.05, 3.63) is 94.4 Å². The van der Waals surface area contributed by atoms with Crippen molar-refractivity contribution in [2.45, 2.75) is 45.3 Å². The number of pyridine rings is 1. The molecule has 1 aliphatic heterocycles. The first kappa shape index (κ1) is 21.9. The average molecular weight is 480 g/mol. The Bertz CT molecular complexity index is 1540. The SMILES string of the molecule is CC1=C(c2cc(-c3cc(C(C)(C)C)c4ccccc4c3)nc3sc(C)cc23)SC2C=CC=CC12. The molecule has 34 heavy (non-hydrogen) atoms. The van der Waals surface area contributed by atoms with Crippen molar-refractivity contribution in [3.8, 4) is 11.3 Å². The number of hydrogen-bond donors (Lipinski definition) is 0. The molecule has 2 aromatic heterocycles. The minimum atomic E-state index is 0.0524. The van der Waals surface area contributed by atoms with Crippen molar-refractivity contribution in [3.63, 3.8) is 0 Å². The highest BCUT2D eigenvalue weighted by molar-refractivity contribution is 8.09. The van der Waals surface area contributed by atoms with E-state index in [-0.39, 0.29) is 5.41 Å². The summed E-state index contributed by atoms with van der Waals surface area (Å²) in [6.45, 7) is 11.4. The summed E-state index contributed by atoms with van der Waals surface area (Å²) in [5.74, 6) is 0.490. The Morgan fingerprint density at radius 1 is 0.882 bits per heavy atom. The van der Waals surface area contributed by atoms with Crippen LogP contribution in [0.25, 0.3) is 37.2 Å². The molecule has 0 saturated carbocycles. The van der Waals surface area contributed by atoms with Crippen molar-refractivity contribution in [1.29, 1.82) is 0 Å². The Hall–Kier alpha value is -2.62. The second kappa shape index (κ2) is 7.96. The predicted octanol–water partition coefficient (Wildman–Crippen LogP) is 9.31. The highest BCUT2D eigenvalue weighted by Gasteiger charge is 2.32. The van der Waals surface area contributed by atoms with Gasteiger partial charge in [0.05, 0.1) is 5.69 Å². The first-order valence-corrected chi connectivity index (χ1v) is 13.7. The summed E-state index contributed by atoms with van der Waals surface area (Å²) >= 11 is 3.82. The van der Waals surface area contributed by atoms with Gasteiger partial charge in [-0.3, -0.25) is 0 Å². The molecule has 0 spiro atoms. The number of aromatic nitrogens is 1. The number of rotatable bonds is 2. The molecule has 1 nitrogen and oxygen atoms in total. The van der Waals surface area contributed by atoms with Crippen LogP contribution in [0.1, 0.15) is 43.7 Å². The molecule has 0 saturated heterocycles. The average Bonchev–Trinajstić information content (AvgIpc) is 3.36. The van der Waals surface area contributed by atoms with Gasteiger partial charge in [0.25, 0.3) is 0 Å². The number of aryl methyl sites for hydroxylation is 1. The van der Waals surface area contributed by atoms with Gasteiger partial charge in [-0.05, 0) is 59.9 Å². The maximum absolute atomic E-state index is 5.20. The summed E-state index contributed by atoms with van der Waals surface area (Å²) in [6, 6.07) is 18.1. The van der Waals surface area contributed by atoms with Crippen molar-refractivity contribution >= 4 is 49.0 Å². The first-order valence-electron chi connectivity index (χ1n) is 12.0. The number of hydrogen-bond acceptors (Lipinski definition) is 3. The minimum absolute atomic E-state index is 0.0524. The second-order valence-corrected chi connectivity index (χ2v) is 12.9. The molecule has 0 fully saturated rings. The van der Waals surface area contributed by atoms with Gasteiger partial charge < -0.3 is 0 Å². The topological polar surface area (TPSA) is 12.9 Å². The van der Waals surface area contributed by atoms with E-state index < -0.39 is 0 Å². The third-order valence-electron chi connectivity index (χ3n) is 7.04. The third kappa shape index (κ3) is 3.57. The molecule has 0 N–H and O–H groups in total. The van der Waals surface area contributed by atoms with Crippen LogP contribution in [0.15, 0.2) is 78.4 Å². The molecule has 2 aromatic carbocycles. The molecule has 2 aliphatic rings. The molecule has 0 amide bonds. The number of thioether (sulfide) groups is 1. The van der Waals surface area contributed by atoms with Gasteiger partial charge >= 0.3 is 0 Å². The lowest BCUT2D eigenvalue weighted by atomic mass is 9.82. The van der Waals surface area contributed by atoms with Crippen LogP contribution >= 0.6 is 23.1 Å². The smallest absolute Gasteiger partial charge is 0.124 e. The van der Waals surface area contributed by atoms with Gasteiger partial charge in [-0.15, -0.1) is 23.1 Å². The van der Waals surface area contributed by atoms with Crippen LogP contribution in [0.5, 0.6) is 0 Å². The Labute approximate surface area is 210 Å². The van der Waals surface area contributed by atoms with Crippen LogP contribution in [0.4, 0.5) is 0 Å². The van der Waals surface area contributed by atoms with Crippen molar-refractivity contribution in [2.24, 2.45) is 5.92 Å². The molecule has 170 valence electrons. The zero-order valence-electron chi connectivity index (χ0n) is 20.3. The van der Waals surface area contributed by atoms with E-state index in [4.69, 9.17) is 4.98 Å². The van der Waals surface area contributed by atoms with Gasteiger partial charge in [0, 0.05) is 37.5 Å². The molecule has 4 aromatic rings. The van der Waals surface area contributed by atoms with Crippen LogP contribution in [0.2, 0.25) is 0 Å². The maximum Gasteiger partial charge on any atom is 0.124 e. The normalized spacial score (nSPS) is 20.0. The van der Waals surface area contributed by atoms with Crippen LogP contribution in [0.3, 0.4) is 0 Å². The lowest BCUT2D eigenvalue weighted by Crippen LogP contribution is -2.12. The summed E-state index contributed by atoms with van der Waals surface area (Å²) in [7, 11) is 0. The van der Waals surface area contributed by atoms with E-state index in [1.807, 2.05) is 11.8 Å². The molecule has 2 atom stereocenters. The molecule has 3 heterocycles. The van der Waals surface area contributed by atoms with Crippen molar-refractivity contribution in [1.82, 2.24) is 4.98 Å². The molecule has 1 aliphatic carbocycles.